The van der Waals surface area contributed by atoms with Crippen LogP contribution in [-0.2, 0) is 0 Å². The van der Waals surface area contributed by atoms with Crippen LogP contribution in [0.5, 0.6) is 0 Å². The van der Waals surface area contributed by atoms with E-state index in [2.05, 4.69) is 38.4 Å². The Morgan fingerprint density at radius 3 is 2.43 bits per heavy atom. The summed E-state index contributed by atoms with van der Waals surface area (Å²) in [4.78, 5) is 2.37. The molecule has 1 rings (SSSR count). The van der Waals surface area contributed by atoms with Gasteiger partial charge in [0.15, 0.2) is 0 Å². The van der Waals surface area contributed by atoms with Crippen LogP contribution in [0, 0.1) is 11.3 Å². The summed E-state index contributed by atoms with van der Waals surface area (Å²) in [5, 5.41) is 9.18. The van der Waals surface area contributed by atoms with Crippen LogP contribution in [0.4, 0.5) is 0 Å². The van der Waals surface area contributed by atoms with Gasteiger partial charge in [-0.15, -0.1) is 0 Å². The van der Waals surface area contributed by atoms with E-state index in [0.29, 0.717) is 11.3 Å². The van der Waals surface area contributed by atoms with E-state index in [9.17, 15) is 5.11 Å². The van der Waals surface area contributed by atoms with Gasteiger partial charge in [0.2, 0.25) is 0 Å². The summed E-state index contributed by atoms with van der Waals surface area (Å²) >= 11 is 4.35. The van der Waals surface area contributed by atoms with E-state index in [0.717, 1.165) is 31.7 Å². The monoisotopic (exact) mass is 217 g/mol. The normalized spacial score (nSPS) is 27.9. The molecule has 0 aromatic carbocycles. The third-order valence-electron chi connectivity index (χ3n) is 2.91. The summed E-state index contributed by atoms with van der Waals surface area (Å²) in [7, 11) is 2.16. The average molecular weight is 217 g/mol. The molecule has 1 aliphatic rings. The van der Waals surface area contributed by atoms with Crippen LogP contribution in [0.1, 0.15) is 26.7 Å². The first-order valence-electron chi connectivity index (χ1n) is 5.40. The lowest BCUT2D eigenvalue weighted by Gasteiger charge is -2.37. The molecule has 0 bridgehead atoms. The number of aliphatic hydroxyl groups is 1. The minimum absolute atomic E-state index is 0.0220. The van der Waals surface area contributed by atoms with Crippen molar-refractivity contribution in [1.29, 1.82) is 0 Å². The molecule has 0 aliphatic heterocycles. The third kappa shape index (κ3) is 3.79. The highest BCUT2D eigenvalue weighted by Crippen LogP contribution is 2.28. The summed E-state index contributed by atoms with van der Waals surface area (Å²) in [5.74, 6) is 1.63. The fourth-order valence-corrected chi connectivity index (χ4v) is 2.24. The largest absolute Gasteiger partial charge is 0.393 e. The Labute approximate surface area is 93.1 Å². The molecule has 0 saturated heterocycles. The molecule has 14 heavy (non-hydrogen) atoms. The SMILES string of the molecule is CN(CC1CC(O)C1)CC(C)(C)CS. The number of hydrogen-bond acceptors (Lipinski definition) is 3. The van der Waals surface area contributed by atoms with Crippen LogP contribution >= 0.6 is 12.6 Å². The van der Waals surface area contributed by atoms with Crippen molar-refractivity contribution in [3.8, 4) is 0 Å². The number of aliphatic hydroxyl groups excluding tert-OH is 1. The predicted octanol–water partition coefficient (Wildman–Crippen LogP) is 1.65. The lowest BCUT2D eigenvalue weighted by atomic mass is 9.82. The minimum atomic E-state index is -0.0220. The molecule has 1 N–H and O–H groups in total. The van der Waals surface area contributed by atoms with Gasteiger partial charge in [-0.3, -0.25) is 0 Å². The Morgan fingerprint density at radius 2 is 2.00 bits per heavy atom. The maximum Gasteiger partial charge on any atom is 0.0546 e. The molecule has 1 fully saturated rings. The minimum Gasteiger partial charge on any atom is -0.393 e. The Morgan fingerprint density at radius 1 is 1.43 bits per heavy atom. The van der Waals surface area contributed by atoms with Crippen LogP contribution < -0.4 is 0 Å². The van der Waals surface area contributed by atoms with Crippen molar-refractivity contribution >= 4 is 12.6 Å². The second kappa shape index (κ2) is 4.86. The van der Waals surface area contributed by atoms with Crippen molar-refractivity contribution in [2.24, 2.45) is 11.3 Å². The predicted molar refractivity (Wildman–Crippen MR) is 63.9 cm³/mol. The van der Waals surface area contributed by atoms with Gasteiger partial charge in [0, 0.05) is 13.1 Å². The van der Waals surface area contributed by atoms with Crippen LogP contribution in [-0.4, -0.2) is 42.0 Å². The van der Waals surface area contributed by atoms with E-state index in [1.54, 1.807) is 0 Å². The molecule has 0 heterocycles. The number of hydrogen-bond donors (Lipinski definition) is 2. The fraction of sp³-hybridized carbons (Fsp3) is 1.00. The lowest BCUT2D eigenvalue weighted by molar-refractivity contribution is 0.0245. The second-order valence-corrected chi connectivity index (χ2v) is 5.83. The quantitative estimate of drug-likeness (QED) is 0.684. The van der Waals surface area contributed by atoms with E-state index >= 15 is 0 Å². The van der Waals surface area contributed by atoms with Crippen LogP contribution in [0.2, 0.25) is 0 Å². The zero-order valence-corrected chi connectivity index (χ0v) is 10.4. The van der Waals surface area contributed by atoms with Crippen molar-refractivity contribution < 1.29 is 5.11 Å². The molecule has 3 heteroatoms. The van der Waals surface area contributed by atoms with Crippen molar-refractivity contribution in [2.75, 3.05) is 25.9 Å². The van der Waals surface area contributed by atoms with E-state index in [4.69, 9.17) is 0 Å². The highest BCUT2D eigenvalue weighted by atomic mass is 32.1. The molecule has 84 valence electrons. The van der Waals surface area contributed by atoms with Gasteiger partial charge in [0.1, 0.15) is 0 Å². The molecule has 0 atom stereocenters. The lowest BCUT2D eigenvalue weighted by Crippen LogP contribution is -2.40. The van der Waals surface area contributed by atoms with E-state index in [-0.39, 0.29) is 6.10 Å². The molecule has 0 radical (unpaired) electrons. The average Bonchev–Trinajstić information content (AvgIpc) is 2.00. The molecule has 0 unspecified atom stereocenters. The summed E-state index contributed by atoms with van der Waals surface area (Å²) in [6.45, 7) is 6.69. The molecule has 0 amide bonds. The Balaban J connectivity index is 2.19. The van der Waals surface area contributed by atoms with E-state index in [1.165, 1.54) is 0 Å². The summed E-state index contributed by atoms with van der Waals surface area (Å²) in [5.41, 5.74) is 0.292. The molecule has 0 aromatic rings. The van der Waals surface area contributed by atoms with Crippen molar-refractivity contribution in [1.82, 2.24) is 4.90 Å². The van der Waals surface area contributed by atoms with Gasteiger partial charge < -0.3 is 10.0 Å². The van der Waals surface area contributed by atoms with Crippen molar-refractivity contribution in [3.05, 3.63) is 0 Å². The van der Waals surface area contributed by atoms with Gasteiger partial charge in [-0.25, -0.2) is 0 Å². The molecular formula is C11H23NOS. The standard InChI is InChI=1S/C11H23NOS/c1-11(2,8-14)7-12(3)6-9-4-10(13)5-9/h9-10,13-14H,4-8H2,1-3H3. The Bertz CT molecular complexity index is 178. The zero-order valence-electron chi connectivity index (χ0n) is 9.53. The fourth-order valence-electron chi connectivity index (χ4n) is 2.14. The summed E-state index contributed by atoms with van der Waals surface area (Å²) in [6.07, 6.45) is 1.96. The van der Waals surface area contributed by atoms with Gasteiger partial charge in [0.05, 0.1) is 6.10 Å². The summed E-state index contributed by atoms with van der Waals surface area (Å²) in [6, 6.07) is 0. The van der Waals surface area contributed by atoms with Crippen LogP contribution in [0.15, 0.2) is 0 Å². The van der Waals surface area contributed by atoms with Gasteiger partial charge in [0.25, 0.3) is 0 Å². The van der Waals surface area contributed by atoms with Crippen molar-refractivity contribution in [3.63, 3.8) is 0 Å². The highest BCUT2D eigenvalue weighted by molar-refractivity contribution is 7.80. The molecular weight excluding hydrogens is 194 g/mol. The second-order valence-electron chi connectivity index (χ2n) is 5.51. The molecule has 1 saturated carbocycles. The number of thiol groups is 1. The Hall–Kier alpha value is 0.270. The van der Waals surface area contributed by atoms with Gasteiger partial charge in [-0.1, -0.05) is 13.8 Å². The van der Waals surface area contributed by atoms with Gasteiger partial charge in [-0.2, -0.15) is 12.6 Å². The first-order chi connectivity index (χ1) is 6.43. The summed E-state index contributed by atoms with van der Waals surface area (Å²) < 4.78 is 0. The van der Waals surface area contributed by atoms with E-state index in [1.807, 2.05) is 0 Å². The number of nitrogens with zero attached hydrogens (tertiary/aromatic N) is 1. The first kappa shape index (κ1) is 12.3. The highest BCUT2D eigenvalue weighted by Gasteiger charge is 2.29. The maximum atomic E-state index is 9.18. The molecule has 1 aliphatic carbocycles. The zero-order chi connectivity index (χ0) is 10.8. The molecule has 2 nitrogen and oxygen atoms in total. The van der Waals surface area contributed by atoms with Crippen LogP contribution in [0.25, 0.3) is 0 Å². The molecule has 0 spiro atoms. The molecule has 0 aromatic heterocycles. The van der Waals surface area contributed by atoms with Crippen molar-refractivity contribution in [2.45, 2.75) is 32.8 Å². The van der Waals surface area contributed by atoms with Crippen LogP contribution in [0.3, 0.4) is 0 Å². The smallest absolute Gasteiger partial charge is 0.0546 e. The Kier molecular flexibility index (Phi) is 4.29. The van der Waals surface area contributed by atoms with Gasteiger partial charge >= 0.3 is 0 Å². The topological polar surface area (TPSA) is 23.5 Å². The number of rotatable bonds is 5. The van der Waals surface area contributed by atoms with E-state index < -0.39 is 0 Å². The first-order valence-corrected chi connectivity index (χ1v) is 6.03. The maximum absolute atomic E-state index is 9.18. The van der Waals surface area contributed by atoms with Gasteiger partial charge in [-0.05, 0) is 37.0 Å². The third-order valence-corrected chi connectivity index (χ3v) is 3.76.